The molecule has 1 aromatic heterocycles. The molecule has 0 spiro atoms. The van der Waals surface area contributed by atoms with Crippen molar-refractivity contribution in [3.8, 4) is 11.3 Å². The highest BCUT2D eigenvalue weighted by Crippen LogP contribution is 2.41. The molecule has 2 heterocycles. The number of anilines is 1. The summed E-state index contributed by atoms with van der Waals surface area (Å²) < 4.78 is 0. The van der Waals surface area contributed by atoms with E-state index in [4.69, 9.17) is 23.2 Å². The summed E-state index contributed by atoms with van der Waals surface area (Å²) >= 11 is 12.1. The lowest BCUT2D eigenvalue weighted by atomic mass is 10.1. The van der Waals surface area contributed by atoms with Gasteiger partial charge in [-0.05, 0) is 42.2 Å². The molecule has 1 saturated carbocycles. The Hall–Kier alpha value is -1.82. The predicted octanol–water partition coefficient (Wildman–Crippen LogP) is 3.39. The Bertz CT molecular complexity index is 771. The molecule has 2 aliphatic rings. The molecular weight excluding hydrogens is 347 g/mol. The molecule has 0 bridgehead atoms. The van der Waals surface area contributed by atoms with E-state index in [1.54, 1.807) is 18.3 Å². The zero-order valence-corrected chi connectivity index (χ0v) is 14.2. The molecule has 2 amide bonds. The smallest absolute Gasteiger partial charge is 0.319 e. The maximum Gasteiger partial charge on any atom is 0.319 e. The summed E-state index contributed by atoms with van der Waals surface area (Å²) in [4.78, 5) is 16.4. The number of carbonyl (C=O) groups is 1. The minimum atomic E-state index is -0.187. The van der Waals surface area contributed by atoms with E-state index in [0.29, 0.717) is 33.6 Å². The minimum absolute atomic E-state index is 0.187. The average molecular weight is 363 g/mol. The van der Waals surface area contributed by atoms with Crippen molar-refractivity contribution in [2.45, 2.75) is 6.04 Å². The van der Waals surface area contributed by atoms with Gasteiger partial charge in [-0.15, -0.1) is 0 Å². The lowest BCUT2D eigenvalue weighted by Gasteiger charge is -2.10. The van der Waals surface area contributed by atoms with Crippen LogP contribution in [0.2, 0.25) is 10.0 Å². The van der Waals surface area contributed by atoms with Crippen LogP contribution in [0.25, 0.3) is 11.3 Å². The summed E-state index contributed by atoms with van der Waals surface area (Å²) in [5.74, 6) is 1.17. The summed E-state index contributed by atoms with van der Waals surface area (Å²) in [5, 5.41) is 10.3. The molecular formula is C17H16Cl2N4O. The Kier molecular flexibility index (Phi) is 4.08. The van der Waals surface area contributed by atoms with Crippen molar-refractivity contribution >= 4 is 34.9 Å². The maximum atomic E-state index is 12.0. The van der Waals surface area contributed by atoms with Crippen LogP contribution in [0.4, 0.5) is 10.5 Å². The number of hydrogen-bond acceptors (Lipinski definition) is 3. The zero-order valence-electron chi connectivity index (χ0n) is 12.7. The number of rotatable bonds is 3. The Morgan fingerprint density at radius 3 is 2.62 bits per heavy atom. The maximum absolute atomic E-state index is 12.0. The lowest BCUT2D eigenvalue weighted by molar-refractivity contribution is 0.250. The normalized spacial score (nSPS) is 24.3. The minimum Gasteiger partial charge on any atom is -0.334 e. The van der Waals surface area contributed by atoms with Gasteiger partial charge in [-0.1, -0.05) is 23.2 Å². The third-order valence-corrected chi connectivity index (χ3v) is 5.17. The number of amides is 2. The highest BCUT2D eigenvalue weighted by atomic mass is 35.5. The standard InChI is InChI=1S/C17H16Cl2N4O/c18-9-1-3-11(14(19)5-9)15-4-2-10(6-21-15)22-17(24)23-16-12-7-20-8-13(12)16/h1-6,12-13,16,20H,7-8H2,(H2,22,23,24)/t12-,13+,16?. The van der Waals surface area contributed by atoms with Crippen LogP contribution in [0, 0.1) is 11.8 Å². The van der Waals surface area contributed by atoms with E-state index in [1.165, 1.54) is 0 Å². The molecule has 0 radical (unpaired) electrons. The fraction of sp³-hybridized carbons (Fsp3) is 0.294. The topological polar surface area (TPSA) is 66.0 Å². The Morgan fingerprint density at radius 1 is 1.17 bits per heavy atom. The summed E-state index contributed by atoms with van der Waals surface area (Å²) in [6.45, 7) is 1.99. The second-order valence-electron chi connectivity index (χ2n) is 6.17. The van der Waals surface area contributed by atoms with Gasteiger partial charge in [0.2, 0.25) is 0 Å². The summed E-state index contributed by atoms with van der Waals surface area (Å²) in [6.07, 6.45) is 1.62. The first-order valence-electron chi connectivity index (χ1n) is 7.81. The van der Waals surface area contributed by atoms with Gasteiger partial charge in [-0.2, -0.15) is 0 Å². The van der Waals surface area contributed by atoms with Crippen molar-refractivity contribution in [1.29, 1.82) is 0 Å². The molecule has 1 saturated heterocycles. The number of aromatic nitrogens is 1. The van der Waals surface area contributed by atoms with E-state index in [1.807, 2.05) is 18.2 Å². The average Bonchev–Trinajstić information content (AvgIpc) is 2.98. The van der Waals surface area contributed by atoms with Crippen LogP contribution in [0.1, 0.15) is 0 Å². The van der Waals surface area contributed by atoms with Crippen molar-refractivity contribution in [2.24, 2.45) is 11.8 Å². The van der Waals surface area contributed by atoms with E-state index >= 15 is 0 Å². The highest BCUT2D eigenvalue weighted by molar-refractivity contribution is 6.36. The van der Waals surface area contributed by atoms with Gasteiger partial charge in [0.05, 0.1) is 22.6 Å². The van der Waals surface area contributed by atoms with Crippen LogP contribution in [-0.2, 0) is 0 Å². The van der Waals surface area contributed by atoms with Crippen LogP contribution in [0.5, 0.6) is 0 Å². The van der Waals surface area contributed by atoms with Gasteiger partial charge in [-0.3, -0.25) is 4.98 Å². The van der Waals surface area contributed by atoms with Gasteiger partial charge in [0.15, 0.2) is 0 Å². The molecule has 1 aromatic carbocycles. The second-order valence-corrected chi connectivity index (χ2v) is 7.01. The van der Waals surface area contributed by atoms with Crippen molar-refractivity contribution < 1.29 is 4.79 Å². The highest BCUT2D eigenvalue weighted by Gasteiger charge is 2.53. The third-order valence-electron chi connectivity index (χ3n) is 4.62. The lowest BCUT2D eigenvalue weighted by Crippen LogP contribution is -2.35. The van der Waals surface area contributed by atoms with Gasteiger partial charge in [-0.25, -0.2) is 4.79 Å². The van der Waals surface area contributed by atoms with Crippen LogP contribution in [0.15, 0.2) is 36.5 Å². The van der Waals surface area contributed by atoms with E-state index < -0.39 is 0 Å². The predicted molar refractivity (Wildman–Crippen MR) is 95.5 cm³/mol. The molecule has 4 rings (SSSR count). The van der Waals surface area contributed by atoms with Crippen molar-refractivity contribution in [3.63, 3.8) is 0 Å². The molecule has 2 aromatic rings. The number of halogens is 2. The number of carbonyl (C=O) groups excluding carboxylic acids is 1. The van der Waals surface area contributed by atoms with Crippen molar-refractivity contribution in [1.82, 2.24) is 15.6 Å². The second kappa shape index (κ2) is 6.24. The largest absolute Gasteiger partial charge is 0.334 e. The number of benzene rings is 1. The Morgan fingerprint density at radius 2 is 1.96 bits per heavy atom. The number of nitrogens with one attached hydrogen (secondary N) is 3. The summed E-state index contributed by atoms with van der Waals surface area (Å²) in [6, 6.07) is 9.02. The number of urea groups is 1. The molecule has 124 valence electrons. The fourth-order valence-corrected chi connectivity index (χ4v) is 3.78. The fourth-order valence-electron chi connectivity index (χ4n) is 3.28. The Labute approximate surface area is 149 Å². The molecule has 1 aliphatic heterocycles. The van der Waals surface area contributed by atoms with Crippen LogP contribution in [-0.4, -0.2) is 30.1 Å². The number of pyridine rings is 1. The number of nitrogens with zero attached hydrogens (tertiary/aromatic N) is 1. The number of hydrogen-bond donors (Lipinski definition) is 3. The number of fused-ring (bicyclic) bond motifs is 1. The van der Waals surface area contributed by atoms with E-state index in [0.717, 1.165) is 24.3 Å². The third kappa shape index (κ3) is 3.07. The number of piperidine rings is 1. The molecule has 3 N–H and O–H groups in total. The molecule has 1 unspecified atom stereocenters. The summed E-state index contributed by atoms with van der Waals surface area (Å²) in [7, 11) is 0. The van der Waals surface area contributed by atoms with Gasteiger partial charge >= 0.3 is 6.03 Å². The van der Waals surface area contributed by atoms with Crippen molar-refractivity contribution in [2.75, 3.05) is 18.4 Å². The zero-order chi connectivity index (χ0) is 16.7. The first-order chi connectivity index (χ1) is 11.6. The molecule has 24 heavy (non-hydrogen) atoms. The van der Waals surface area contributed by atoms with Crippen LogP contribution < -0.4 is 16.0 Å². The quantitative estimate of drug-likeness (QED) is 0.783. The molecule has 2 fully saturated rings. The Balaban J connectivity index is 1.39. The van der Waals surface area contributed by atoms with E-state index in [2.05, 4.69) is 20.9 Å². The summed E-state index contributed by atoms with van der Waals surface area (Å²) in [5.41, 5.74) is 2.17. The first kappa shape index (κ1) is 15.7. The van der Waals surface area contributed by atoms with Gasteiger partial charge < -0.3 is 16.0 Å². The van der Waals surface area contributed by atoms with Crippen LogP contribution >= 0.6 is 23.2 Å². The monoisotopic (exact) mass is 362 g/mol. The SMILES string of the molecule is O=C(Nc1ccc(-c2ccc(Cl)cc2Cl)nc1)NC1[C@H]2CNC[C@@H]12. The molecule has 1 aliphatic carbocycles. The van der Waals surface area contributed by atoms with Gasteiger partial charge in [0.25, 0.3) is 0 Å². The van der Waals surface area contributed by atoms with Gasteiger partial charge in [0, 0.05) is 29.7 Å². The molecule has 7 heteroatoms. The molecule has 3 atom stereocenters. The van der Waals surface area contributed by atoms with Gasteiger partial charge in [0.1, 0.15) is 0 Å². The van der Waals surface area contributed by atoms with Crippen molar-refractivity contribution in [3.05, 3.63) is 46.6 Å². The first-order valence-corrected chi connectivity index (χ1v) is 8.57. The molecule has 5 nitrogen and oxygen atoms in total. The van der Waals surface area contributed by atoms with Crippen LogP contribution in [0.3, 0.4) is 0 Å². The van der Waals surface area contributed by atoms with E-state index in [9.17, 15) is 4.79 Å². The van der Waals surface area contributed by atoms with E-state index in [-0.39, 0.29) is 6.03 Å².